The number of hydrogen-bond acceptors (Lipinski definition) is 6. The van der Waals surface area contributed by atoms with E-state index < -0.39 is 11.9 Å². The first-order chi connectivity index (χ1) is 14.3. The topological polar surface area (TPSA) is 97.7 Å². The summed E-state index contributed by atoms with van der Waals surface area (Å²) in [7, 11) is 2.61. The van der Waals surface area contributed by atoms with Crippen LogP contribution in [-0.2, 0) is 14.3 Å². The quantitative estimate of drug-likeness (QED) is 0.357. The molecule has 0 saturated carbocycles. The number of benzene rings is 2. The van der Waals surface area contributed by atoms with Crippen molar-refractivity contribution in [2.24, 2.45) is 0 Å². The summed E-state index contributed by atoms with van der Waals surface area (Å²) in [6.45, 7) is -0.364. The molecule has 10 heteroatoms. The van der Waals surface area contributed by atoms with Crippen LogP contribution in [0.4, 0.5) is 5.69 Å². The van der Waals surface area contributed by atoms with Crippen LogP contribution in [0.2, 0.25) is 15.1 Å². The standard InChI is InChI=1S/C20H15Cl3N2O5/c1-28-17-7-11(6-16(23)19(17)30-10-18(26)29-2)5-12(9-24)20(27)25-13-3-4-14(21)15(22)8-13/h3-8H,10H2,1-2H3,(H,25,27)/b12-5+. The molecule has 0 unspecified atom stereocenters. The third-order valence-corrected chi connectivity index (χ3v) is 4.69. The maximum Gasteiger partial charge on any atom is 0.343 e. The van der Waals surface area contributed by atoms with Gasteiger partial charge >= 0.3 is 5.97 Å². The van der Waals surface area contributed by atoms with E-state index in [1.54, 1.807) is 6.07 Å². The number of esters is 1. The van der Waals surface area contributed by atoms with Gasteiger partial charge in [-0.3, -0.25) is 4.79 Å². The van der Waals surface area contributed by atoms with Crippen LogP contribution in [0.15, 0.2) is 35.9 Å². The molecule has 0 saturated heterocycles. The number of ether oxygens (including phenoxy) is 3. The van der Waals surface area contributed by atoms with Gasteiger partial charge in [0, 0.05) is 5.69 Å². The predicted molar refractivity (Wildman–Crippen MR) is 114 cm³/mol. The van der Waals surface area contributed by atoms with E-state index in [0.29, 0.717) is 16.3 Å². The van der Waals surface area contributed by atoms with E-state index in [0.717, 1.165) is 0 Å². The van der Waals surface area contributed by atoms with Gasteiger partial charge in [-0.2, -0.15) is 5.26 Å². The predicted octanol–water partition coefficient (Wildman–Crippen LogP) is 4.75. The third kappa shape index (κ3) is 6.04. The lowest BCUT2D eigenvalue weighted by Gasteiger charge is -2.12. The Morgan fingerprint density at radius 1 is 1.10 bits per heavy atom. The fraction of sp³-hybridized carbons (Fsp3) is 0.150. The zero-order chi connectivity index (χ0) is 22.3. The molecule has 1 N–H and O–H groups in total. The van der Waals surface area contributed by atoms with Gasteiger partial charge in [-0.15, -0.1) is 0 Å². The maximum absolute atomic E-state index is 12.4. The molecule has 0 heterocycles. The second kappa shape index (κ2) is 10.7. The number of nitrogens with one attached hydrogen (secondary N) is 1. The third-order valence-electron chi connectivity index (χ3n) is 3.67. The minimum atomic E-state index is -0.656. The van der Waals surface area contributed by atoms with Crippen LogP contribution in [0.25, 0.3) is 6.08 Å². The van der Waals surface area contributed by atoms with E-state index >= 15 is 0 Å². The summed E-state index contributed by atoms with van der Waals surface area (Å²) in [6.07, 6.45) is 1.32. The van der Waals surface area contributed by atoms with Crippen molar-refractivity contribution in [1.82, 2.24) is 0 Å². The Morgan fingerprint density at radius 3 is 2.43 bits per heavy atom. The average Bonchev–Trinajstić information content (AvgIpc) is 2.72. The minimum absolute atomic E-state index is 0.117. The van der Waals surface area contributed by atoms with Gasteiger partial charge in [-0.1, -0.05) is 34.8 Å². The summed E-state index contributed by atoms with van der Waals surface area (Å²) in [5, 5.41) is 12.7. The molecule has 0 radical (unpaired) electrons. The van der Waals surface area contributed by atoms with Gasteiger partial charge in [0.05, 0.1) is 29.3 Å². The molecule has 156 valence electrons. The molecular weight excluding hydrogens is 455 g/mol. The molecule has 1 amide bonds. The van der Waals surface area contributed by atoms with Crippen LogP contribution in [0.5, 0.6) is 11.5 Å². The molecule has 0 spiro atoms. The van der Waals surface area contributed by atoms with Crippen molar-refractivity contribution in [2.45, 2.75) is 0 Å². The molecule has 30 heavy (non-hydrogen) atoms. The number of halogens is 3. The second-order valence-electron chi connectivity index (χ2n) is 5.65. The summed E-state index contributed by atoms with van der Waals surface area (Å²) in [6, 6.07) is 9.32. The van der Waals surface area contributed by atoms with Crippen LogP contribution in [0.1, 0.15) is 5.56 Å². The number of rotatable bonds is 7. The lowest BCUT2D eigenvalue weighted by molar-refractivity contribution is -0.142. The molecular formula is C20H15Cl3N2O5. The number of methoxy groups -OCH3 is 2. The first-order valence-electron chi connectivity index (χ1n) is 8.24. The van der Waals surface area contributed by atoms with Gasteiger partial charge in [-0.05, 0) is 42.0 Å². The summed E-state index contributed by atoms with van der Waals surface area (Å²) in [4.78, 5) is 23.7. The molecule has 0 aliphatic carbocycles. The minimum Gasteiger partial charge on any atom is -0.493 e. The van der Waals surface area contributed by atoms with E-state index in [4.69, 9.17) is 44.3 Å². The van der Waals surface area contributed by atoms with Gasteiger partial charge < -0.3 is 19.5 Å². The normalized spacial score (nSPS) is 10.7. The first-order valence-corrected chi connectivity index (χ1v) is 9.37. The van der Waals surface area contributed by atoms with Gasteiger partial charge in [0.1, 0.15) is 11.6 Å². The number of anilines is 1. The number of nitriles is 1. The fourth-order valence-corrected chi connectivity index (χ4v) is 2.81. The van der Waals surface area contributed by atoms with Gasteiger partial charge in [0.25, 0.3) is 5.91 Å². The van der Waals surface area contributed by atoms with Crippen LogP contribution in [0.3, 0.4) is 0 Å². The number of nitrogens with zero attached hydrogens (tertiary/aromatic N) is 1. The molecule has 2 aromatic rings. The van der Waals surface area contributed by atoms with Crippen molar-refractivity contribution in [3.8, 4) is 17.6 Å². The van der Waals surface area contributed by atoms with Crippen molar-refractivity contribution in [3.63, 3.8) is 0 Å². The Morgan fingerprint density at radius 2 is 1.83 bits per heavy atom. The van der Waals surface area contributed by atoms with Crippen LogP contribution < -0.4 is 14.8 Å². The number of carbonyl (C=O) groups excluding carboxylic acids is 2. The van der Waals surface area contributed by atoms with E-state index in [-0.39, 0.29) is 33.7 Å². The smallest absolute Gasteiger partial charge is 0.343 e. The van der Waals surface area contributed by atoms with Crippen LogP contribution >= 0.6 is 34.8 Å². The molecule has 7 nitrogen and oxygen atoms in total. The highest BCUT2D eigenvalue weighted by atomic mass is 35.5. The average molecular weight is 470 g/mol. The van der Waals surface area contributed by atoms with Crippen molar-refractivity contribution in [2.75, 3.05) is 26.1 Å². The number of hydrogen-bond donors (Lipinski definition) is 1. The Hall–Kier alpha value is -2.92. The Balaban J connectivity index is 2.28. The van der Waals surface area contributed by atoms with Gasteiger partial charge in [0.15, 0.2) is 18.1 Å². The summed E-state index contributed by atoms with van der Waals surface area (Å²) in [5.74, 6) is -0.917. The second-order valence-corrected chi connectivity index (χ2v) is 6.87. The van der Waals surface area contributed by atoms with Gasteiger partial charge in [0.2, 0.25) is 0 Å². The van der Waals surface area contributed by atoms with E-state index in [9.17, 15) is 14.9 Å². The highest BCUT2D eigenvalue weighted by Gasteiger charge is 2.16. The van der Waals surface area contributed by atoms with Gasteiger partial charge in [-0.25, -0.2) is 4.79 Å². The molecule has 2 rings (SSSR count). The summed E-state index contributed by atoms with van der Waals surface area (Å²) in [5.41, 5.74) is 0.586. The molecule has 0 aliphatic heterocycles. The zero-order valence-corrected chi connectivity index (χ0v) is 18.1. The van der Waals surface area contributed by atoms with Crippen molar-refractivity contribution < 1.29 is 23.8 Å². The first kappa shape index (κ1) is 23.4. The SMILES string of the molecule is COC(=O)COc1c(Cl)cc(/C=C(\C#N)C(=O)Nc2ccc(Cl)c(Cl)c2)cc1OC. The Kier molecular flexibility index (Phi) is 8.36. The fourth-order valence-electron chi connectivity index (χ4n) is 2.24. The molecule has 0 aliphatic rings. The van der Waals surface area contributed by atoms with E-state index in [1.807, 2.05) is 6.07 Å². The Bertz CT molecular complexity index is 1050. The summed E-state index contributed by atoms with van der Waals surface area (Å²) >= 11 is 18.0. The number of carbonyl (C=O) groups is 2. The lowest BCUT2D eigenvalue weighted by atomic mass is 10.1. The molecule has 0 fully saturated rings. The maximum atomic E-state index is 12.4. The molecule has 0 atom stereocenters. The molecule has 0 aromatic heterocycles. The molecule has 0 bridgehead atoms. The van der Waals surface area contributed by atoms with Crippen molar-refractivity contribution in [3.05, 3.63) is 56.5 Å². The highest BCUT2D eigenvalue weighted by Crippen LogP contribution is 2.37. The Labute approximate surface area is 187 Å². The zero-order valence-electron chi connectivity index (χ0n) is 15.8. The summed E-state index contributed by atoms with van der Waals surface area (Å²) < 4.78 is 15.1. The van der Waals surface area contributed by atoms with Crippen molar-refractivity contribution >= 4 is 58.4 Å². The van der Waals surface area contributed by atoms with E-state index in [2.05, 4.69) is 10.1 Å². The number of amides is 1. The van der Waals surface area contributed by atoms with Crippen LogP contribution in [-0.4, -0.2) is 32.7 Å². The molecule has 2 aromatic carbocycles. The largest absolute Gasteiger partial charge is 0.493 e. The van der Waals surface area contributed by atoms with E-state index in [1.165, 1.54) is 44.6 Å². The van der Waals surface area contributed by atoms with Crippen LogP contribution in [0, 0.1) is 11.3 Å². The highest BCUT2D eigenvalue weighted by molar-refractivity contribution is 6.42. The van der Waals surface area contributed by atoms with Crippen molar-refractivity contribution in [1.29, 1.82) is 5.26 Å². The lowest BCUT2D eigenvalue weighted by Crippen LogP contribution is -2.14. The monoisotopic (exact) mass is 468 g/mol.